The highest BCUT2D eigenvalue weighted by Crippen LogP contribution is 2.30. The van der Waals surface area contributed by atoms with Crippen molar-refractivity contribution >= 4 is 0 Å². The number of nitrogens with zero attached hydrogens (tertiary/aromatic N) is 2. The summed E-state index contributed by atoms with van der Waals surface area (Å²) in [6.45, 7) is 0. The van der Waals surface area contributed by atoms with Crippen molar-refractivity contribution in [3.63, 3.8) is 0 Å². The smallest absolute Gasteiger partial charge is 0.271 e. The largest absolute Gasteiger partial charge is 0.416 e. The second-order valence-electron chi connectivity index (χ2n) is 3.85. The van der Waals surface area contributed by atoms with E-state index in [2.05, 4.69) is 15.4 Å². The molecule has 1 heterocycles. The maximum absolute atomic E-state index is 12.5. The average molecular weight is 268 g/mol. The van der Waals surface area contributed by atoms with E-state index in [1.54, 1.807) is 6.07 Å². The summed E-state index contributed by atoms with van der Waals surface area (Å²) in [6.07, 6.45) is -1.46. The summed E-state index contributed by atoms with van der Waals surface area (Å²) < 4.78 is 37.4. The third-order valence-electron chi connectivity index (χ3n) is 2.64. The van der Waals surface area contributed by atoms with Gasteiger partial charge in [-0.3, -0.25) is 5.84 Å². The Morgan fingerprint density at radius 3 is 2.26 bits per heavy atom. The van der Waals surface area contributed by atoms with Gasteiger partial charge in [0.25, 0.3) is 0 Å². The van der Waals surface area contributed by atoms with Gasteiger partial charge in [-0.15, -0.1) is 0 Å². The van der Waals surface area contributed by atoms with Crippen molar-refractivity contribution in [2.45, 2.75) is 12.2 Å². The first-order valence-corrected chi connectivity index (χ1v) is 5.41. The first kappa shape index (κ1) is 13.4. The van der Waals surface area contributed by atoms with Crippen LogP contribution in [-0.2, 0) is 6.18 Å². The quantitative estimate of drug-likeness (QED) is 0.660. The zero-order chi connectivity index (χ0) is 13.9. The number of rotatable bonds is 3. The molecular formula is C12H11F3N4. The van der Waals surface area contributed by atoms with Crippen LogP contribution in [0.15, 0.2) is 42.9 Å². The molecular weight excluding hydrogens is 257 g/mol. The molecule has 0 aliphatic rings. The minimum absolute atomic E-state index is 0.481. The van der Waals surface area contributed by atoms with E-state index in [0.717, 1.165) is 12.1 Å². The predicted molar refractivity (Wildman–Crippen MR) is 62.6 cm³/mol. The molecule has 1 aromatic carbocycles. The zero-order valence-electron chi connectivity index (χ0n) is 9.72. The van der Waals surface area contributed by atoms with Gasteiger partial charge in [-0.2, -0.15) is 13.2 Å². The first-order valence-electron chi connectivity index (χ1n) is 5.41. The molecule has 0 saturated heterocycles. The zero-order valence-corrected chi connectivity index (χ0v) is 9.72. The van der Waals surface area contributed by atoms with E-state index < -0.39 is 17.8 Å². The van der Waals surface area contributed by atoms with Crippen molar-refractivity contribution < 1.29 is 13.2 Å². The van der Waals surface area contributed by atoms with Gasteiger partial charge in [0.15, 0.2) is 0 Å². The van der Waals surface area contributed by atoms with Crippen LogP contribution >= 0.6 is 0 Å². The number of halogens is 3. The van der Waals surface area contributed by atoms with Crippen LogP contribution in [0.3, 0.4) is 0 Å². The van der Waals surface area contributed by atoms with E-state index in [1.165, 1.54) is 24.7 Å². The molecule has 0 spiro atoms. The third-order valence-corrected chi connectivity index (χ3v) is 2.64. The highest BCUT2D eigenvalue weighted by Gasteiger charge is 2.30. The lowest BCUT2D eigenvalue weighted by molar-refractivity contribution is -0.137. The molecule has 0 fully saturated rings. The number of hydrogen-bond donors (Lipinski definition) is 2. The molecule has 0 radical (unpaired) electrons. The number of aromatic nitrogens is 2. The fourth-order valence-corrected chi connectivity index (χ4v) is 1.69. The van der Waals surface area contributed by atoms with Crippen LogP contribution in [0.2, 0.25) is 0 Å². The van der Waals surface area contributed by atoms with Crippen LogP contribution < -0.4 is 11.3 Å². The fourth-order valence-electron chi connectivity index (χ4n) is 1.69. The minimum atomic E-state index is -4.35. The molecule has 0 saturated carbocycles. The molecule has 2 aromatic rings. The topological polar surface area (TPSA) is 63.8 Å². The molecule has 1 atom stereocenters. The van der Waals surface area contributed by atoms with Gasteiger partial charge in [0.1, 0.15) is 6.33 Å². The molecule has 0 aliphatic heterocycles. The molecule has 1 aromatic heterocycles. The normalized spacial score (nSPS) is 13.3. The molecule has 1 unspecified atom stereocenters. The lowest BCUT2D eigenvalue weighted by Crippen LogP contribution is -2.29. The van der Waals surface area contributed by atoms with E-state index >= 15 is 0 Å². The van der Waals surface area contributed by atoms with Crippen LogP contribution in [0.4, 0.5) is 13.2 Å². The number of nitrogens with one attached hydrogen (secondary N) is 1. The van der Waals surface area contributed by atoms with Gasteiger partial charge >= 0.3 is 6.18 Å². The van der Waals surface area contributed by atoms with Gasteiger partial charge in [0.05, 0.1) is 17.3 Å². The Morgan fingerprint density at radius 2 is 1.79 bits per heavy atom. The maximum atomic E-state index is 12.5. The van der Waals surface area contributed by atoms with Crippen molar-refractivity contribution in [3.05, 3.63) is 59.7 Å². The Bertz CT molecular complexity index is 525. The number of benzene rings is 1. The standard InChI is InChI=1S/C12H11F3N4/c13-12(14,15)9-3-1-8(2-4-9)11(19-16)10-5-6-17-7-18-10/h1-7,11,19H,16H2. The Morgan fingerprint density at radius 1 is 1.11 bits per heavy atom. The maximum Gasteiger partial charge on any atom is 0.416 e. The Balaban J connectivity index is 2.30. The van der Waals surface area contributed by atoms with Crippen molar-refractivity contribution in [2.24, 2.45) is 5.84 Å². The highest BCUT2D eigenvalue weighted by molar-refractivity contribution is 5.31. The molecule has 7 heteroatoms. The summed E-state index contributed by atoms with van der Waals surface area (Å²) in [5.41, 5.74) is 2.99. The van der Waals surface area contributed by atoms with Gasteiger partial charge in [0.2, 0.25) is 0 Å². The van der Waals surface area contributed by atoms with Crippen molar-refractivity contribution in [2.75, 3.05) is 0 Å². The summed E-state index contributed by atoms with van der Waals surface area (Å²) in [4.78, 5) is 7.80. The predicted octanol–water partition coefficient (Wildman–Crippen LogP) is 2.05. The Kier molecular flexibility index (Phi) is 3.77. The Hall–Kier alpha value is -1.99. The number of hydrogen-bond acceptors (Lipinski definition) is 4. The molecule has 4 nitrogen and oxygen atoms in total. The van der Waals surface area contributed by atoms with Gasteiger partial charge in [-0.1, -0.05) is 12.1 Å². The van der Waals surface area contributed by atoms with Crippen LogP contribution in [0, 0.1) is 0 Å². The second kappa shape index (κ2) is 5.33. The minimum Gasteiger partial charge on any atom is -0.271 e. The van der Waals surface area contributed by atoms with E-state index in [1.807, 2.05) is 0 Å². The summed E-state index contributed by atoms with van der Waals surface area (Å²) in [5, 5.41) is 0. The highest BCUT2D eigenvalue weighted by atomic mass is 19.4. The van der Waals surface area contributed by atoms with Gasteiger partial charge in [-0.25, -0.2) is 15.4 Å². The van der Waals surface area contributed by atoms with Crippen LogP contribution in [0.1, 0.15) is 22.9 Å². The van der Waals surface area contributed by atoms with E-state index in [0.29, 0.717) is 11.3 Å². The average Bonchev–Trinajstić information content (AvgIpc) is 2.40. The molecule has 0 amide bonds. The van der Waals surface area contributed by atoms with Crippen LogP contribution in [0.25, 0.3) is 0 Å². The van der Waals surface area contributed by atoms with Gasteiger partial charge < -0.3 is 0 Å². The summed E-state index contributed by atoms with van der Waals surface area (Å²) >= 11 is 0. The molecule has 100 valence electrons. The fraction of sp³-hybridized carbons (Fsp3) is 0.167. The molecule has 3 N–H and O–H groups in total. The summed E-state index contributed by atoms with van der Waals surface area (Å²) in [7, 11) is 0. The van der Waals surface area contributed by atoms with E-state index in [4.69, 9.17) is 5.84 Å². The summed E-state index contributed by atoms with van der Waals surface area (Å²) in [5.74, 6) is 5.43. The molecule has 19 heavy (non-hydrogen) atoms. The first-order chi connectivity index (χ1) is 9.02. The van der Waals surface area contributed by atoms with Gasteiger partial charge in [-0.05, 0) is 23.8 Å². The Labute approximate surface area is 107 Å². The van der Waals surface area contributed by atoms with E-state index in [9.17, 15) is 13.2 Å². The lowest BCUT2D eigenvalue weighted by Gasteiger charge is -2.16. The third kappa shape index (κ3) is 3.07. The molecule has 0 bridgehead atoms. The molecule has 0 aliphatic carbocycles. The van der Waals surface area contributed by atoms with Crippen LogP contribution in [-0.4, -0.2) is 9.97 Å². The lowest BCUT2D eigenvalue weighted by atomic mass is 10.0. The number of hydrazine groups is 1. The van der Waals surface area contributed by atoms with Crippen LogP contribution in [0.5, 0.6) is 0 Å². The monoisotopic (exact) mass is 268 g/mol. The van der Waals surface area contributed by atoms with Crippen molar-refractivity contribution in [1.82, 2.24) is 15.4 Å². The SMILES string of the molecule is NNC(c1ccc(C(F)(F)F)cc1)c1ccncn1. The van der Waals surface area contributed by atoms with Gasteiger partial charge in [0, 0.05) is 6.20 Å². The summed E-state index contributed by atoms with van der Waals surface area (Å²) in [6, 6.07) is 5.93. The molecule has 2 rings (SSSR count). The number of nitrogens with two attached hydrogens (primary N) is 1. The van der Waals surface area contributed by atoms with Crippen molar-refractivity contribution in [1.29, 1.82) is 0 Å². The number of alkyl halides is 3. The van der Waals surface area contributed by atoms with Crippen molar-refractivity contribution in [3.8, 4) is 0 Å². The van der Waals surface area contributed by atoms with E-state index in [-0.39, 0.29) is 0 Å². The second-order valence-corrected chi connectivity index (χ2v) is 3.85.